The second-order valence-electron chi connectivity index (χ2n) is 9.23. The number of aromatic hydroxyl groups is 1. The fraction of sp³-hybridized carbons (Fsp3) is 0.682. The molecule has 3 nitrogen and oxygen atoms in total. The summed E-state index contributed by atoms with van der Waals surface area (Å²) in [7, 11) is 0. The first-order valence-corrected chi connectivity index (χ1v) is 10.1. The molecule has 3 heteroatoms. The van der Waals surface area contributed by atoms with Gasteiger partial charge in [-0.2, -0.15) is 0 Å². The lowest BCUT2D eigenvalue weighted by atomic mass is 9.49. The Labute approximate surface area is 150 Å². The molecule has 0 unspecified atom stereocenters. The van der Waals surface area contributed by atoms with Gasteiger partial charge >= 0.3 is 0 Å². The van der Waals surface area contributed by atoms with Crippen molar-refractivity contribution in [1.82, 2.24) is 4.90 Å². The van der Waals surface area contributed by atoms with Crippen molar-refractivity contribution in [3.63, 3.8) is 0 Å². The molecule has 5 rings (SSSR count). The third-order valence-corrected chi connectivity index (χ3v) is 7.82. The zero-order valence-electron chi connectivity index (χ0n) is 15.2. The monoisotopic (exact) mass is 339 g/mol. The van der Waals surface area contributed by atoms with E-state index in [0.717, 1.165) is 31.7 Å². The number of rotatable bonds is 2. The van der Waals surface area contributed by atoms with Crippen LogP contribution >= 0.6 is 0 Å². The Hall–Kier alpha value is -1.35. The Morgan fingerprint density at radius 3 is 2.88 bits per heavy atom. The highest BCUT2D eigenvalue weighted by Crippen LogP contribution is 2.57. The molecular formula is C22H29NO2. The predicted octanol–water partition coefficient (Wildman–Crippen LogP) is 3.68. The van der Waals surface area contributed by atoms with Gasteiger partial charge in [-0.15, -0.1) is 0 Å². The molecule has 0 radical (unpaired) electrons. The highest BCUT2D eigenvalue weighted by molar-refractivity contribution is 5.82. The zero-order chi connectivity index (χ0) is 17.2. The number of phenols is 1. The predicted molar refractivity (Wildman–Crippen MR) is 97.7 cm³/mol. The lowest BCUT2D eigenvalue weighted by molar-refractivity contribution is -0.131. The third kappa shape index (κ3) is 2.31. The minimum absolute atomic E-state index is 0.0259. The first-order chi connectivity index (χ1) is 12.1. The molecule has 134 valence electrons. The number of carbonyl (C=O) groups is 1. The van der Waals surface area contributed by atoms with E-state index < -0.39 is 0 Å². The number of nitrogens with zero attached hydrogens (tertiary/aromatic N) is 1. The van der Waals surface area contributed by atoms with E-state index >= 15 is 0 Å². The molecule has 3 aliphatic carbocycles. The van der Waals surface area contributed by atoms with E-state index in [9.17, 15) is 9.90 Å². The van der Waals surface area contributed by atoms with Crippen LogP contribution < -0.4 is 0 Å². The van der Waals surface area contributed by atoms with Gasteiger partial charge in [-0.25, -0.2) is 0 Å². The van der Waals surface area contributed by atoms with Crippen LogP contribution in [0, 0.1) is 17.8 Å². The Bertz CT molecular complexity index is 710. The lowest BCUT2D eigenvalue weighted by Gasteiger charge is -2.61. The highest BCUT2D eigenvalue weighted by atomic mass is 16.3. The van der Waals surface area contributed by atoms with E-state index in [-0.39, 0.29) is 5.41 Å². The molecule has 0 spiro atoms. The number of hydrogen-bond acceptors (Lipinski definition) is 3. The molecule has 1 aliphatic heterocycles. The highest BCUT2D eigenvalue weighted by Gasteiger charge is 2.57. The maximum absolute atomic E-state index is 12.6. The molecule has 0 amide bonds. The van der Waals surface area contributed by atoms with Crippen LogP contribution in [0.1, 0.15) is 56.6 Å². The quantitative estimate of drug-likeness (QED) is 0.894. The number of hydrogen-bond donors (Lipinski definition) is 1. The summed E-state index contributed by atoms with van der Waals surface area (Å²) >= 11 is 0. The first-order valence-electron chi connectivity index (χ1n) is 10.1. The van der Waals surface area contributed by atoms with Crippen LogP contribution in [0.2, 0.25) is 0 Å². The second kappa shape index (κ2) is 5.57. The summed E-state index contributed by atoms with van der Waals surface area (Å²) in [6, 6.07) is 6.50. The van der Waals surface area contributed by atoms with E-state index in [1.54, 1.807) is 0 Å². The second-order valence-corrected chi connectivity index (χ2v) is 9.23. The van der Waals surface area contributed by atoms with E-state index in [4.69, 9.17) is 0 Å². The van der Waals surface area contributed by atoms with Gasteiger partial charge < -0.3 is 5.11 Å². The van der Waals surface area contributed by atoms with Crippen molar-refractivity contribution >= 4 is 5.78 Å². The van der Waals surface area contributed by atoms with Crippen molar-refractivity contribution in [3.05, 3.63) is 29.3 Å². The van der Waals surface area contributed by atoms with Crippen LogP contribution in [0.4, 0.5) is 0 Å². The van der Waals surface area contributed by atoms with Gasteiger partial charge in [-0.05, 0) is 73.2 Å². The van der Waals surface area contributed by atoms with E-state index in [0.29, 0.717) is 35.8 Å². The van der Waals surface area contributed by atoms with Crippen molar-refractivity contribution in [2.24, 2.45) is 17.8 Å². The van der Waals surface area contributed by atoms with Gasteiger partial charge in [0.1, 0.15) is 11.5 Å². The molecule has 1 aromatic carbocycles. The summed E-state index contributed by atoms with van der Waals surface area (Å²) < 4.78 is 0. The number of phenolic OH excluding ortho intramolecular Hbond substituents is 1. The largest absolute Gasteiger partial charge is 0.508 e. The molecule has 3 fully saturated rings. The number of Topliss-reactive ketones (excluding diaryl/α,β-unsaturated/α-hetero) is 1. The van der Waals surface area contributed by atoms with E-state index in [1.165, 1.54) is 36.9 Å². The Balaban J connectivity index is 1.59. The van der Waals surface area contributed by atoms with Crippen LogP contribution in [0.25, 0.3) is 0 Å². The normalized spacial score (nSPS) is 38.0. The summed E-state index contributed by atoms with van der Waals surface area (Å²) in [6.07, 6.45) is 7.81. The molecule has 1 N–H and O–H groups in total. The minimum atomic E-state index is -0.0259. The van der Waals surface area contributed by atoms with Crippen molar-refractivity contribution in [3.8, 4) is 5.75 Å². The molecule has 25 heavy (non-hydrogen) atoms. The molecule has 2 bridgehead atoms. The summed E-state index contributed by atoms with van der Waals surface area (Å²) in [5.74, 6) is 2.69. The number of benzene rings is 1. The van der Waals surface area contributed by atoms with Gasteiger partial charge in [0, 0.05) is 30.8 Å². The number of likely N-dealkylation sites (tertiary alicyclic amines) is 1. The van der Waals surface area contributed by atoms with E-state index in [1.807, 2.05) is 12.1 Å². The van der Waals surface area contributed by atoms with Gasteiger partial charge in [-0.3, -0.25) is 9.69 Å². The van der Waals surface area contributed by atoms with Crippen molar-refractivity contribution in [1.29, 1.82) is 0 Å². The van der Waals surface area contributed by atoms with Crippen LogP contribution in [0.3, 0.4) is 0 Å². The third-order valence-electron chi connectivity index (χ3n) is 7.82. The Morgan fingerprint density at radius 2 is 2.12 bits per heavy atom. The van der Waals surface area contributed by atoms with Crippen molar-refractivity contribution in [2.45, 2.75) is 63.3 Å². The Morgan fingerprint density at radius 1 is 1.28 bits per heavy atom. The molecule has 4 atom stereocenters. The fourth-order valence-electron chi connectivity index (χ4n) is 6.64. The van der Waals surface area contributed by atoms with Crippen LogP contribution in [-0.2, 0) is 16.6 Å². The molecule has 1 aromatic rings. The van der Waals surface area contributed by atoms with Crippen molar-refractivity contribution < 1.29 is 9.90 Å². The minimum Gasteiger partial charge on any atom is -0.508 e. The molecule has 2 saturated carbocycles. The first kappa shape index (κ1) is 15.9. The average Bonchev–Trinajstić information content (AvgIpc) is 2.52. The van der Waals surface area contributed by atoms with Crippen molar-refractivity contribution in [2.75, 3.05) is 13.1 Å². The van der Waals surface area contributed by atoms with Gasteiger partial charge in [0.05, 0.1) is 0 Å². The molecule has 0 aromatic heterocycles. The van der Waals surface area contributed by atoms with Crippen LogP contribution in [0.15, 0.2) is 18.2 Å². The standard InChI is InChI=1S/C22H29NO2/c1-14-9-18(25)12-22-7-8-23(13-15-3-2-4-15)20(21(14)22)10-16-5-6-17(24)11-19(16)22/h5-6,11,14-15,20-21,24H,2-4,7-10,12-13H2,1H3/t14-,20+,21-,22+/m0/s1. The van der Waals surface area contributed by atoms with Gasteiger partial charge in [-0.1, -0.05) is 19.4 Å². The van der Waals surface area contributed by atoms with Crippen LogP contribution in [-0.4, -0.2) is 34.9 Å². The summed E-state index contributed by atoms with van der Waals surface area (Å²) in [6.45, 7) is 4.67. The van der Waals surface area contributed by atoms with Gasteiger partial charge in [0.2, 0.25) is 0 Å². The number of fused-ring (bicyclic) bond motifs is 1. The topological polar surface area (TPSA) is 40.5 Å². The van der Waals surface area contributed by atoms with Gasteiger partial charge in [0.25, 0.3) is 0 Å². The fourth-order valence-corrected chi connectivity index (χ4v) is 6.64. The summed E-state index contributed by atoms with van der Waals surface area (Å²) in [5.41, 5.74) is 2.64. The number of carbonyl (C=O) groups excluding carboxylic acids is 1. The number of piperidine rings is 1. The average molecular weight is 339 g/mol. The smallest absolute Gasteiger partial charge is 0.134 e. The maximum atomic E-state index is 12.6. The van der Waals surface area contributed by atoms with E-state index in [2.05, 4.69) is 17.9 Å². The molecule has 1 heterocycles. The zero-order valence-corrected chi connectivity index (χ0v) is 15.2. The van der Waals surface area contributed by atoms with Crippen LogP contribution in [0.5, 0.6) is 5.75 Å². The molecule has 1 saturated heterocycles. The Kier molecular flexibility index (Phi) is 3.54. The lowest BCUT2D eigenvalue weighted by Crippen LogP contribution is -2.64. The van der Waals surface area contributed by atoms with Gasteiger partial charge in [0.15, 0.2) is 0 Å². The maximum Gasteiger partial charge on any atom is 0.134 e. The number of ketones is 1. The summed E-state index contributed by atoms with van der Waals surface area (Å²) in [4.78, 5) is 15.3. The SMILES string of the molecule is C[C@H]1CC(=O)C[C@]23CCN(CC4CCC4)[C@H](Cc4ccc(O)cc42)[C@H]13. The summed E-state index contributed by atoms with van der Waals surface area (Å²) in [5, 5.41) is 10.1. The molecular weight excluding hydrogens is 310 g/mol. The molecule has 4 aliphatic rings.